The fraction of sp³-hybridized carbons (Fsp3) is 0.389. The van der Waals surface area contributed by atoms with Crippen molar-refractivity contribution in [1.82, 2.24) is 4.90 Å². The third-order valence-corrected chi connectivity index (χ3v) is 4.89. The van der Waals surface area contributed by atoms with Crippen LogP contribution in [0.25, 0.3) is 0 Å². The number of rotatable bonds is 5. The Kier molecular flexibility index (Phi) is 5.18. The molecule has 112 valence electrons. The van der Waals surface area contributed by atoms with Gasteiger partial charge in [0.25, 0.3) is 0 Å². The molecule has 0 spiro atoms. The number of aryl methyl sites for hydroxylation is 4. The summed E-state index contributed by atoms with van der Waals surface area (Å²) in [7, 11) is 1.89. The molecule has 21 heavy (non-hydrogen) atoms. The zero-order valence-corrected chi connectivity index (χ0v) is 14.1. The van der Waals surface area contributed by atoms with Crippen molar-refractivity contribution in [3.8, 4) is 0 Å². The van der Waals surface area contributed by atoms with E-state index in [-0.39, 0.29) is 5.91 Å². The van der Waals surface area contributed by atoms with E-state index >= 15 is 0 Å². The predicted molar refractivity (Wildman–Crippen MR) is 89.8 cm³/mol. The van der Waals surface area contributed by atoms with Crippen molar-refractivity contribution >= 4 is 17.2 Å². The maximum atomic E-state index is 12.3. The lowest BCUT2D eigenvalue weighted by atomic mass is 10.0. The molecular weight excluding hydrogens is 278 g/mol. The van der Waals surface area contributed by atoms with Gasteiger partial charge in [-0.15, -0.1) is 11.3 Å². The van der Waals surface area contributed by atoms with Gasteiger partial charge in [0.15, 0.2) is 0 Å². The molecule has 1 heterocycles. The van der Waals surface area contributed by atoms with Crippen LogP contribution in [-0.4, -0.2) is 17.9 Å². The summed E-state index contributed by atoms with van der Waals surface area (Å²) in [4.78, 5) is 15.4. The topological polar surface area (TPSA) is 20.3 Å². The minimum Gasteiger partial charge on any atom is -0.341 e. The predicted octanol–water partition coefficient (Wildman–Crippen LogP) is 4.26. The average Bonchev–Trinajstić information content (AvgIpc) is 2.83. The average molecular weight is 301 g/mol. The highest BCUT2D eigenvalue weighted by Gasteiger charge is 2.12. The van der Waals surface area contributed by atoms with E-state index in [4.69, 9.17) is 0 Å². The molecule has 0 saturated carbocycles. The summed E-state index contributed by atoms with van der Waals surface area (Å²) in [5, 5.41) is 2.08. The Balaban J connectivity index is 1.90. The molecule has 3 heteroatoms. The van der Waals surface area contributed by atoms with Crippen LogP contribution in [0.1, 0.15) is 33.6 Å². The summed E-state index contributed by atoms with van der Waals surface area (Å²) in [6.45, 7) is 7.03. The van der Waals surface area contributed by atoms with Crippen molar-refractivity contribution < 1.29 is 4.79 Å². The third kappa shape index (κ3) is 4.18. The van der Waals surface area contributed by atoms with E-state index in [0.717, 1.165) is 13.0 Å². The molecule has 1 aromatic carbocycles. The van der Waals surface area contributed by atoms with Crippen molar-refractivity contribution in [2.45, 2.75) is 40.2 Å². The smallest absolute Gasteiger partial charge is 0.222 e. The number of benzene rings is 1. The molecule has 0 saturated heterocycles. The zero-order chi connectivity index (χ0) is 15.4. The fourth-order valence-corrected chi connectivity index (χ4v) is 3.39. The van der Waals surface area contributed by atoms with Crippen molar-refractivity contribution in [3.63, 3.8) is 0 Å². The molecule has 2 rings (SSSR count). The number of hydrogen-bond donors (Lipinski definition) is 0. The van der Waals surface area contributed by atoms with Gasteiger partial charge in [-0.3, -0.25) is 4.79 Å². The molecule has 2 aromatic rings. The van der Waals surface area contributed by atoms with E-state index < -0.39 is 0 Å². The van der Waals surface area contributed by atoms with Gasteiger partial charge in [0.05, 0.1) is 6.54 Å². The Morgan fingerprint density at radius 2 is 1.90 bits per heavy atom. The van der Waals surface area contributed by atoms with Gasteiger partial charge in [-0.05, 0) is 55.3 Å². The Hall–Kier alpha value is -1.61. The number of carbonyl (C=O) groups excluding carboxylic acids is 1. The first-order valence-electron chi connectivity index (χ1n) is 7.30. The normalized spacial score (nSPS) is 10.7. The van der Waals surface area contributed by atoms with Crippen LogP contribution < -0.4 is 0 Å². The number of amides is 1. The Bertz CT molecular complexity index is 630. The Morgan fingerprint density at radius 1 is 1.14 bits per heavy atom. The van der Waals surface area contributed by atoms with Crippen molar-refractivity contribution in [3.05, 3.63) is 56.8 Å². The standard InChI is InChI=1S/C18H23NOS/c1-13-5-6-16(15(3)11-13)7-8-18(20)19(4)12-17-14(2)9-10-21-17/h5-6,9-11H,7-8,12H2,1-4H3. The second kappa shape index (κ2) is 6.90. The van der Waals surface area contributed by atoms with Crippen molar-refractivity contribution in [1.29, 1.82) is 0 Å². The number of carbonyl (C=O) groups is 1. The second-order valence-electron chi connectivity index (χ2n) is 5.71. The van der Waals surface area contributed by atoms with E-state index in [1.165, 1.54) is 27.1 Å². The van der Waals surface area contributed by atoms with Crippen LogP contribution in [0.3, 0.4) is 0 Å². The number of nitrogens with zero attached hydrogens (tertiary/aromatic N) is 1. The van der Waals surface area contributed by atoms with E-state index in [0.29, 0.717) is 6.42 Å². The molecule has 0 fully saturated rings. The summed E-state index contributed by atoms with van der Waals surface area (Å²) >= 11 is 1.72. The summed E-state index contributed by atoms with van der Waals surface area (Å²) in [5.41, 5.74) is 5.09. The van der Waals surface area contributed by atoms with Crippen molar-refractivity contribution in [2.75, 3.05) is 7.05 Å². The molecular formula is C18H23NOS. The van der Waals surface area contributed by atoms with Crippen LogP contribution in [0.2, 0.25) is 0 Å². The van der Waals surface area contributed by atoms with Gasteiger partial charge in [-0.1, -0.05) is 23.8 Å². The Morgan fingerprint density at radius 3 is 2.52 bits per heavy atom. The molecule has 2 nitrogen and oxygen atoms in total. The third-order valence-electron chi connectivity index (χ3n) is 3.88. The first-order valence-corrected chi connectivity index (χ1v) is 8.18. The monoisotopic (exact) mass is 301 g/mol. The lowest BCUT2D eigenvalue weighted by molar-refractivity contribution is -0.130. The van der Waals surface area contributed by atoms with E-state index in [2.05, 4.69) is 50.4 Å². The molecule has 0 bridgehead atoms. The molecule has 0 radical (unpaired) electrons. The van der Waals surface area contributed by atoms with Crippen LogP contribution in [0.5, 0.6) is 0 Å². The highest BCUT2D eigenvalue weighted by Crippen LogP contribution is 2.18. The summed E-state index contributed by atoms with van der Waals surface area (Å²) in [6, 6.07) is 8.54. The zero-order valence-electron chi connectivity index (χ0n) is 13.3. The first kappa shape index (κ1) is 15.8. The van der Waals surface area contributed by atoms with Crippen molar-refractivity contribution in [2.24, 2.45) is 0 Å². The molecule has 1 aromatic heterocycles. The molecule has 0 aliphatic rings. The molecule has 0 atom stereocenters. The van der Waals surface area contributed by atoms with Gasteiger partial charge in [-0.2, -0.15) is 0 Å². The molecule has 0 unspecified atom stereocenters. The second-order valence-corrected chi connectivity index (χ2v) is 6.71. The lowest BCUT2D eigenvalue weighted by Gasteiger charge is -2.17. The fourth-order valence-electron chi connectivity index (χ4n) is 2.43. The minimum atomic E-state index is 0.211. The highest BCUT2D eigenvalue weighted by molar-refractivity contribution is 7.10. The van der Waals surface area contributed by atoms with Crippen LogP contribution in [0.15, 0.2) is 29.6 Å². The van der Waals surface area contributed by atoms with Gasteiger partial charge in [0.2, 0.25) is 5.91 Å². The van der Waals surface area contributed by atoms with Crippen LogP contribution in [0.4, 0.5) is 0 Å². The van der Waals surface area contributed by atoms with Gasteiger partial charge in [0, 0.05) is 18.3 Å². The maximum absolute atomic E-state index is 12.3. The molecule has 1 amide bonds. The summed E-state index contributed by atoms with van der Waals surface area (Å²) in [5.74, 6) is 0.211. The van der Waals surface area contributed by atoms with Crippen LogP contribution >= 0.6 is 11.3 Å². The maximum Gasteiger partial charge on any atom is 0.222 e. The highest BCUT2D eigenvalue weighted by atomic mass is 32.1. The largest absolute Gasteiger partial charge is 0.341 e. The first-order chi connectivity index (χ1) is 9.97. The van der Waals surface area contributed by atoms with Crippen LogP contribution in [0, 0.1) is 20.8 Å². The quantitative estimate of drug-likeness (QED) is 0.808. The summed E-state index contributed by atoms with van der Waals surface area (Å²) < 4.78 is 0. The van der Waals surface area contributed by atoms with Gasteiger partial charge < -0.3 is 4.90 Å². The van der Waals surface area contributed by atoms with E-state index in [1.807, 2.05) is 11.9 Å². The lowest BCUT2D eigenvalue weighted by Crippen LogP contribution is -2.26. The van der Waals surface area contributed by atoms with E-state index in [1.54, 1.807) is 11.3 Å². The SMILES string of the molecule is Cc1ccc(CCC(=O)N(C)Cc2sccc2C)c(C)c1. The number of hydrogen-bond acceptors (Lipinski definition) is 2. The Labute approximate surface area is 131 Å². The van der Waals surface area contributed by atoms with Gasteiger partial charge in [-0.25, -0.2) is 0 Å². The van der Waals surface area contributed by atoms with Gasteiger partial charge >= 0.3 is 0 Å². The number of thiophene rings is 1. The van der Waals surface area contributed by atoms with Gasteiger partial charge in [0.1, 0.15) is 0 Å². The van der Waals surface area contributed by atoms with E-state index in [9.17, 15) is 4.79 Å². The van der Waals surface area contributed by atoms with Crippen LogP contribution in [-0.2, 0) is 17.8 Å². The minimum absolute atomic E-state index is 0.211. The molecule has 0 aliphatic heterocycles. The molecule has 0 aliphatic carbocycles. The molecule has 0 N–H and O–H groups in total. The summed E-state index contributed by atoms with van der Waals surface area (Å²) in [6.07, 6.45) is 1.39.